The molecule has 1 aromatic heterocycles. The topological polar surface area (TPSA) is 154 Å². The molecule has 7 N–H and O–H groups in total. The minimum absolute atomic E-state index is 0.0916. The second kappa shape index (κ2) is 11.1. The number of anilines is 1. The molecule has 222 valence electrons. The summed E-state index contributed by atoms with van der Waals surface area (Å²) in [6, 6.07) is 17.2. The van der Waals surface area contributed by atoms with Crippen LogP contribution in [0.4, 0.5) is 5.69 Å². The first-order valence-electron chi connectivity index (χ1n) is 14.5. The summed E-state index contributed by atoms with van der Waals surface area (Å²) in [4.78, 5) is 42.1. The van der Waals surface area contributed by atoms with Gasteiger partial charge < -0.3 is 32.2 Å². The van der Waals surface area contributed by atoms with E-state index >= 15 is 0 Å². The van der Waals surface area contributed by atoms with E-state index in [0.29, 0.717) is 81.2 Å². The number of amides is 2. The number of hydrogen-bond acceptors (Lipinski definition) is 8. The lowest BCUT2D eigenvalue weighted by Crippen LogP contribution is -2.53. The second-order valence-corrected chi connectivity index (χ2v) is 12.3. The number of thiophene rings is 1. The summed E-state index contributed by atoms with van der Waals surface area (Å²) in [5.41, 5.74) is 21.5. The molecule has 9 nitrogen and oxygen atoms in total. The van der Waals surface area contributed by atoms with Gasteiger partial charge in [0.1, 0.15) is 17.0 Å². The minimum atomic E-state index is -1.55. The van der Waals surface area contributed by atoms with Gasteiger partial charge in [-0.25, -0.2) is 0 Å². The second-order valence-electron chi connectivity index (χ2n) is 11.3. The molecule has 0 bridgehead atoms. The fraction of sp³-hybridized carbons (Fsp3) is 0.303. The molecule has 10 heteroatoms. The third kappa shape index (κ3) is 4.85. The number of para-hydroxylation sites is 1. The zero-order valence-corrected chi connectivity index (χ0v) is 25.0. The Morgan fingerprint density at radius 3 is 2.42 bits per heavy atom. The molecule has 1 aliphatic carbocycles. The molecule has 4 aromatic rings. The summed E-state index contributed by atoms with van der Waals surface area (Å²) in [6.45, 7) is 4.92. The van der Waals surface area contributed by atoms with Crippen molar-refractivity contribution in [2.45, 2.75) is 50.7 Å². The molecule has 2 amide bonds. The lowest BCUT2D eigenvalue weighted by atomic mass is 9.69. The summed E-state index contributed by atoms with van der Waals surface area (Å²) in [5, 5.41) is 3.78. The number of carbonyl (C=O) groups is 3. The Hall–Kier alpha value is -4.25. The number of piperidine rings is 1. The average Bonchev–Trinajstić information content (AvgIpc) is 3.42. The van der Waals surface area contributed by atoms with Gasteiger partial charge in [0, 0.05) is 42.2 Å². The molecule has 6 rings (SSSR count). The molecule has 3 aromatic carbocycles. The first kappa shape index (κ1) is 28.9. The molecular formula is C33H35N5O4S. The van der Waals surface area contributed by atoms with E-state index in [1.165, 1.54) is 11.3 Å². The van der Waals surface area contributed by atoms with Crippen molar-refractivity contribution in [3.63, 3.8) is 0 Å². The Kier molecular flexibility index (Phi) is 7.45. The van der Waals surface area contributed by atoms with Crippen LogP contribution in [0.25, 0.3) is 10.1 Å². The van der Waals surface area contributed by atoms with Gasteiger partial charge in [-0.2, -0.15) is 0 Å². The Balaban J connectivity index is 1.36. The maximum atomic E-state index is 14.2. The summed E-state index contributed by atoms with van der Waals surface area (Å²) in [6.07, 6.45) is 1.78. The van der Waals surface area contributed by atoms with Crippen LogP contribution in [0.2, 0.25) is 0 Å². The minimum Gasteiger partial charge on any atom is -0.457 e. The molecule has 0 spiro atoms. The molecule has 0 radical (unpaired) electrons. The number of Topliss-reactive ketones (excluding diaryl/α,β-unsaturated/α-hetero) is 1. The zero-order valence-electron chi connectivity index (χ0n) is 24.2. The van der Waals surface area contributed by atoms with Crippen LogP contribution in [0.5, 0.6) is 11.5 Å². The normalized spacial score (nSPS) is 20.3. The Bertz CT molecular complexity index is 1750. The van der Waals surface area contributed by atoms with Gasteiger partial charge in [0.2, 0.25) is 5.91 Å². The molecule has 2 unspecified atom stereocenters. The van der Waals surface area contributed by atoms with Gasteiger partial charge in [-0.15, -0.1) is 11.3 Å². The molecular weight excluding hydrogens is 562 g/mol. The number of aryl methyl sites for hydroxylation is 1. The number of ketones is 1. The van der Waals surface area contributed by atoms with E-state index in [4.69, 9.17) is 21.9 Å². The standard InChI is InChI=1S/C33H35N5O4S/c1-3-25(39)38-15-13-19(14-16-38)37-32(41)30-27-26-23(11-12-24(34)29(26)43-30)33(36,31(40)28(27)35)22-10-9-21(17-18(22)2)42-20-7-5-4-6-8-20/h4-12,17,19,28H,3,13-16,34-36H2,1-2H3,(H,37,41). The summed E-state index contributed by atoms with van der Waals surface area (Å²) >= 11 is 1.24. The molecule has 2 heterocycles. The molecule has 2 aliphatic rings. The third-order valence-corrected chi connectivity index (χ3v) is 9.86. The van der Waals surface area contributed by atoms with Crippen molar-refractivity contribution in [3.05, 3.63) is 87.8 Å². The largest absolute Gasteiger partial charge is 0.457 e. The van der Waals surface area contributed by atoms with Crippen molar-refractivity contribution < 1.29 is 19.1 Å². The van der Waals surface area contributed by atoms with Crippen molar-refractivity contribution in [1.29, 1.82) is 0 Å². The lowest BCUT2D eigenvalue weighted by molar-refractivity contribution is -0.131. The molecule has 1 fully saturated rings. The van der Waals surface area contributed by atoms with Gasteiger partial charge in [0.15, 0.2) is 5.78 Å². The van der Waals surface area contributed by atoms with Crippen molar-refractivity contribution in [3.8, 4) is 11.5 Å². The van der Waals surface area contributed by atoms with Crippen LogP contribution < -0.4 is 27.3 Å². The van der Waals surface area contributed by atoms with Crippen molar-refractivity contribution >= 4 is 44.7 Å². The van der Waals surface area contributed by atoms with Crippen molar-refractivity contribution in [1.82, 2.24) is 10.2 Å². The highest BCUT2D eigenvalue weighted by atomic mass is 32.1. The quantitative estimate of drug-likeness (QED) is 0.239. The number of nitrogens with zero attached hydrogens (tertiary/aromatic N) is 1. The van der Waals surface area contributed by atoms with E-state index in [9.17, 15) is 14.4 Å². The van der Waals surface area contributed by atoms with Crippen LogP contribution in [0.15, 0.2) is 60.7 Å². The van der Waals surface area contributed by atoms with Gasteiger partial charge in [-0.1, -0.05) is 37.3 Å². The SMILES string of the molecule is CCC(=O)N1CCC(NC(=O)c2sc3c(N)ccc4c3c2C(N)C(=O)C4(N)c2ccc(Oc3ccccc3)cc2C)CC1. The van der Waals surface area contributed by atoms with E-state index in [2.05, 4.69) is 5.32 Å². The number of benzene rings is 3. The fourth-order valence-electron chi connectivity index (χ4n) is 6.34. The summed E-state index contributed by atoms with van der Waals surface area (Å²) in [7, 11) is 0. The molecule has 0 saturated carbocycles. The summed E-state index contributed by atoms with van der Waals surface area (Å²) in [5.74, 6) is 0.732. The van der Waals surface area contributed by atoms with Gasteiger partial charge >= 0.3 is 0 Å². The highest BCUT2D eigenvalue weighted by molar-refractivity contribution is 7.21. The first-order chi connectivity index (χ1) is 20.6. The van der Waals surface area contributed by atoms with Gasteiger partial charge in [-0.05, 0) is 66.8 Å². The predicted molar refractivity (Wildman–Crippen MR) is 168 cm³/mol. The monoisotopic (exact) mass is 597 g/mol. The van der Waals surface area contributed by atoms with Gasteiger partial charge in [0.05, 0.1) is 15.6 Å². The van der Waals surface area contributed by atoms with Gasteiger partial charge in [0.25, 0.3) is 5.91 Å². The van der Waals surface area contributed by atoms with Crippen LogP contribution in [0.3, 0.4) is 0 Å². The lowest BCUT2D eigenvalue weighted by Gasteiger charge is -2.37. The average molecular weight is 598 g/mol. The molecule has 2 atom stereocenters. The number of nitrogens with one attached hydrogen (secondary N) is 1. The van der Waals surface area contributed by atoms with Crippen molar-refractivity contribution in [2.24, 2.45) is 11.5 Å². The maximum Gasteiger partial charge on any atom is 0.261 e. The van der Waals surface area contributed by atoms with E-state index < -0.39 is 17.4 Å². The third-order valence-electron chi connectivity index (χ3n) is 8.61. The fourth-order valence-corrected chi connectivity index (χ4v) is 7.54. The van der Waals surface area contributed by atoms with Crippen LogP contribution in [-0.2, 0) is 15.1 Å². The number of hydrogen-bond donors (Lipinski definition) is 4. The van der Waals surface area contributed by atoms with E-state index in [0.717, 1.165) is 5.56 Å². The summed E-state index contributed by atoms with van der Waals surface area (Å²) < 4.78 is 6.68. The van der Waals surface area contributed by atoms with E-state index in [-0.39, 0.29) is 17.9 Å². The highest BCUT2D eigenvalue weighted by Crippen LogP contribution is 2.50. The van der Waals surface area contributed by atoms with Crippen molar-refractivity contribution in [2.75, 3.05) is 18.8 Å². The molecule has 1 aliphatic heterocycles. The first-order valence-corrected chi connectivity index (χ1v) is 15.3. The van der Waals surface area contributed by atoms with Crippen LogP contribution in [-0.4, -0.2) is 41.6 Å². The number of ether oxygens (including phenoxy) is 1. The van der Waals surface area contributed by atoms with E-state index in [1.807, 2.05) is 55.1 Å². The number of nitrogens with two attached hydrogens (primary N) is 3. The molecule has 43 heavy (non-hydrogen) atoms. The highest BCUT2D eigenvalue weighted by Gasteiger charge is 2.49. The van der Waals surface area contributed by atoms with Gasteiger partial charge in [-0.3, -0.25) is 14.4 Å². The predicted octanol–water partition coefficient (Wildman–Crippen LogP) is 4.50. The van der Waals surface area contributed by atoms with E-state index in [1.54, 1.807) is 24.3 Å². The smallest absolute Gasteiger partial charge is 0.261 e. The number of nitrogen functional groups attached to an aromatic ring is 1. The number of likely N-dealkylation sites (tertiary alicyclic amines) is 1. The number of carbonyl (C=O) groups excluding carboxylic acids is 3. The Labute approximate surface area is 254 Å². The maximum absolute atomic E-state index is 14.2. The number of rotatable bonds is 6. The Morgan fingerprint density at radius 2 is 1.74 bits per heavy atom. The zero-order chi connectivity index (χ0) is 30.5. The van der Waals surface area contributed by atoms with Crippen LogP contribution in [0.1, 0.15) is 64.2 Å². The van der Waals surface area contributed by atoms with Crippen LogP contribution in [0, 0.1) is 6.92 Å². The Morgan fingerprint density at radius 1 is 1.05 bits per heavy atom. The van der Waals surface area contributed by atoms with Crippen LogP contribution >= 0.6 is 11.3 Å². The molecule has 1 saturated heterocycles.